The third-order valence-electron chi connectivity index (χ3n) is 4.85. The summed E-state index contributed by atoms with van der Waals surface area (Å²) >= 11 is 0. The number of H-pyrrole nitrogens is 1. The third kappa shape index (κ3) is 2.30. The SMILES string of the molecule is Cc1cc(C)c(B2[CH]c3ccccc3-c3ccc[nH+]c32)c(C)c1. The maximum atomic E-state index is 3.52. The first kappa shape index (κ1) is 14.3. The minimum atomic E-state index is 0.279. The second kappa shape index (κ2) is 5.38. The number of aromatic nitrogens is 1. The van der Waals surface area contributed by atoms with Crippen LogP contribution in [0.2, 0.25) is 0 Å². The van der Waals surface area contributed by atoms with E-state index in [0.717, 1.165) is 0 Å². The molecule has 2 heteroatoms. The van der Waals surface area contributed by atoms with Gasteiger partial charge in [-0.3, -0.25) is 0 Å². The average Bonchev–Trinajstić information content (AvgIpc) is 2.54. The van der Waals surface area contributed by atoms with E-state index in [9.17, 15) is 0 Å². The number of aromatic amines is 1. The van der Waals surface area contributed by atoms with Crippen molar-refractivity contribution in [2.24, 2.45) is 0 Å². The van der Waals surface area contributed by atoms with Crippen LogP contribution < -0.4 is 16.0 Å². The van der Waals surface area contributed by atoms with Gasteiger partial charge in [0.1, 0.15) is 5.59 Å². The van der Waals surface area contributed by atoms with Gasteiger partial charge in [0, 0.05) is 11.6 Å². The van der Waals surface area contributed by atoms with Crippen molar-refractivity contribution in [3.05, 3.63) is 83.3 Å². The zero-order valence-electron chi connectivity index (χ0n) is 13.9. The molecular weight excluding hydrogens is 277 g/mol. The predicted molar refractivity (Wildman–Crippen MR) is 97.5 cm³/mol. The van der Waals surface area contributed by atoms with Crippen molar-refractivity contribution in [2.45, 2.75) is 20.8 Å². The van der Waals surface area contributed by atoms with E-state index >= 15 is 0 Å². The van der Waals surface area contributed by atoms with Gasteiger partial charge < -0.3 is 0 Å². The molecule has 1 aliphatic rings. The maximum absolute atomic E-state index is 3.52. The first-order valence-corrected chi connectivity index (χ1v) is 8.18. The standard InChI is InChI=1S/C21H19BN/c1-14-11-15(2)20(16(3)12-14)22-13-17-7-4-5-8-18(17)19-9-6-10-23-21(19)22/h4-13H,1-3H3/p+1. The summed E-state index contributed by atoms with van der Waals surface area (Å²) in [5.74, 6) is 0. The van der Waals surface area contributed by atoms with Crippen LogP contribution in [-0.4, -0.2) is 6.71 Å². The molecule has 0 unspecified atom stereocenters. The fourth-order valence-corrected chi connectivity index (χ4v) is 4.00. The van der Waals surface area contributed by atoms with Gasteiger partial charge in [-0.2, -0.15) is 0 Å². The molecule has 4 rings (SSSR count). The number of aryl methyl sites for hydroxylation is 3. The van der Waals surface area contributed by atoms with Crippen molar-refractivity contribution in [1.82, 2.24) is 0 Å². The summed E-state index contributed by atoms with van der Waals surface area (Å²) in [7, 11) is 0. The second-order valence-electron chi connectivity index (χ2n) is 6.54. The summed E-state index contributed by atoms with van der Waals surface area (Å²) in [6, 6.07) is 17.6. The highest BCUT2D eigenvalue weighted by atomic mass is 14.7. The Kier molecular flexibility index (Phi) is 3.34. The van der Waals surface area contributed by atoms with Crippen molar-refractivity contribution < 1.29 is 4.98 Å². The molecule has 0 saturated carbocycles. The number of fused-ring (bicyclic) bond motifs is 3. The number of pyridine rings is 1. The van der Waals surface area contributed by atoms with Crippen LogP contribution in [0.5, 0.6) is 0 Å². The Morgan fingerprint density at radius 3 is 2.30 bits per heavy atom. The highest BCUT2D eigenvalue weighted by Gasteiger charge is 2.36. The van der Waals surface area contributed by atoms with Crippen LogP contribution in [0.15, 0.2) is 54.7 Å². The van der Waals surface area contributed by atoms with Gasteiger partial charge >= 0.3 is 6.71 Å². The molecule has 1 N–H and O–H groups in total. The fraction of sp³-hybridized carbons (Fsp3) is 0.143. The number of rotatable bonds is 1. The van der Waals surface area contributed by atoms with Gasteiger partial charge in [0.2, 0.25) is 0 Å². The number of nitrogens with one attached hydrogen (secondary N) is 1. The lowest BCUT2D eigenvalue weighted by molar-refractivity contribution is -0.355. The summed E-state index contributed by atoms with van der Waals surface area (Å²) < 4.78 is 0. The Hall–Kier alpha value is -2.35. The van der Waals surface area contributed by atoms with Crippen molar-refractivity contribution in [2.75, 3.05) is 0 Å². The van der Waals surface area contributed by atoms with Gasteiger partial charge in [-0.25, -0.2) is 4.98 Å². The lowest BCUT2D eigenvalue weighted by atomic mass is 9.35. The lowest BCUT2D eigenvalue weighted by Crippen LogP contribution is -2.55. The zero-order chi connectivity index (χ0) is 16.0. The van der Waals surface area contributed by atoms with Crippen LogP contribution in [0.25, 0.3) is 11.1 Å². The Balaban J connectivity index is 1.96. The van der Waals surface area contributed by atoms with Gasteiger partial charge in [0.05, 0.1) is 0 Å². The molecule has 0 atom stereocenters. The van der Waals surface area contributed by atoms with Crippen LogP contribution >= 0.6 is 0 Å². The van der Waals surface area contributed by atoms with Crippen molar-refractivity contribution in [3.8, 4) is 11.1 Å². The quantitative estimate of drug-likeness (QED) is 0.613. The van der Waals surface area contributed by atoms with E-state index < -0.39 is 0 Å². The van der Waals surface area contributed by atoms with Crippen molar-refractivity contribution in [3.63, 3.8) is 0 Å². The van der Waals surface area contributed by atoms with E-state index in [4.69, 9.17) is 0 Å². The highest BCUT2D eigenvalue weighted by Crippen LogP contribution is 2.28. The van der Waals surface area contributed by atoms with Crippen LogP contribution in [-0.2, 0) is 0 Å². The zero-order valence-corrected chi connectivity index (χ0v) is 13.9. The smallest absolute Gasteiger partial charge is 0.223 e. The average molecular weight is 297 g/mol. The molecule has 23 heavy (non-hydrogen) atoms. The van der Waals surface area contributed by atoms with Crippen LogP contribution in [0.3, 0.4) is 0 Å². The van der Waals surface area contributed by atoms with Crippen molar-refractivity contribution >= 4 is 17.8 Å². The van der Waals surface area contributed by atoms with Gasteiger partial charge in [-0.15, -0.1) is 0 Å². The monoisotopic (exact) mass is 297 g/mol. The molecule has 2 heterocycles. The van der Waals surface area contributed by atoms with Gasteiger partial charge in [0.25, 0.3) is 0 Å². The highest BCUT2D eigenvalue weighted by molar-refractivity contribution is 6.89. The number of hydrogen-bond acceptors (Lipinski definition) is 0. The van der Waals surface area contributed by atoms with E-state index in [1.807, 2.05) is 6.20 Å². The molecule has 1 nitrogen and oxygen atoms in total. The van der Waals surface area contributed by atoms with Crippen LogP contribution in [0.4, 0.5) is 0 Å². The van der Waals surface area contributed by atoms with Gasteiger partial charge in [-0.05, 0) is 44.3 Å². The minimum absolute atomic E-state index is 0.279. The van der Waals surface area contributed by atoms with E-state index in [-0.39, 0.29) is 6.71 Å². The molecule has 0 fully saturated rings. The summed E-state index contributed by atoms with van der Waals surface area (Å²) in [5, 5.41) is 0. The topological polar surface area (TPSA) is 14.1 Å². The van der Waals surface area contributed by atoms with Gasteiger partial charge in [0.15, 0.2) is 6.20 Å². The lowest BCUT2D eigenvalue weighted by Gasteiger charge is -2.24. The molecule has 3 aromatic rings. The predicted octanol–water partition coefficient (Wildman–Crippen LogP) is 2.81. The number of benzene rings is 2. The van der Waals surface area contributed by atoms with Gasteiger partial charge in [-0.1, -0.05) is 58.6 Å². The molecular formula is C21H20BN+. The Morgan fingerprint density at radius 2 is 1.52 bits per heavy atom. The molecule has 111 valence electrons. The molecule has 0 aliphatic carbocycles. The Labute approximate surface area is 138 Å². The van der Waals surface area contributed by atoms with E-state index in [2.05, 4.69) is 80.6 Å². The summed E-state index contributed by atoms with van der Waals surface area (Å²) in [4.78, 5) is 3.52. The summed E-state index contributed by atoms with van der Waals surface area (Å²) in [6.07, 6.45) is 4.44. The molecule has 2 aromatic carbocycles. The molecule has 0 spiro atoms. The molecule has 0 bridgehead atoms. The minimum Gasteiger partial charge on any atom is -0.223 e. The second-order valence-corrected chi connectivity index (χ2v) is 6.54. The maximum Gasteiger partial charge on any atom is 0.302 e. The van der Waals surface area contributed by atoms with E-state index in [1.165, 1.54) is 44.4 Å². The molecule has 1 radical (unpaired) electrons. The third-order valence-corrected chi connectivity index (χ3v) is 4.85. The Morgan fingerprint density at radius 1 is 0.826 bits per heavy atom. The number of hydrogen-bond donors (Lipinski definition) is 0. The normalized spacial score (nSPS) is 12.7. The first-order chi connectivity index (χ1) is 11.1. The summed E-state index contributed by atoms with van der Waals surface area (Å²) in [6.45, 7) is 6.91. The first-order valence-electron chi connectivity index (χ1n) is 8.18. The molecule has 0 saturated heterocycles. The fourth-order valence-electron chi connectivity index (χ4n) is 4.00. The largest absolute Gasteiger partial charge is 0.302 e. The molecule has 1 aromatic heterocycles. The van der Waals surface area contributed by atoms with Crippen molar-refractivity contribution in [1.29, 1.82) is 0 Å². The Bertz CT molecular complexity index is 875. The van der Waals surface area contributed by atoms with Crippen LogP contribution in [0, 0.1) is 27.1 Å². The van der Waals surface area contributed by atoms with E-state index in [0.29, 0.717) is 0 Å². The summed E-state index contributed by atoms with van der Waals surface area (Å²) in [5.41, 5.74) is 10.7. The molecule has 1 aliphatic heterocycles. The van der Waals surface area contributed by atoms with Crippen LogP contribution in [0.1, 0.15) is 22.3 Å². The van der Waals surface area contributed by atoms with E-state index in [1.54, 1.807) is 0 Å². The molecule has 0 amide bonds.